The minimum atomic E-state index is -1.83. The molecule has 130 valence electrons. The van der Waals surface area contributed by atoms with Crippen molar-refractivity contribution in [3.8, 4) is 0 Å². The zero-order valence-electron chi connectivity index (χ0n) is 15.4. The number of allylic oxidation sites excluding steroid dienone is 1. The van der Waals surface area contributed by atoms with Gasteiger partial charge in [0.1, 0.15) is 0 Å². The largest absolute Gasteiger partial charge is 0.416 e. The molecular formula is C18H36O3Si. The molecule has 22 heavy (non-hydrogen) atoms. The van der Waals surface area contributed by atoms with Crippen LogP contribution in [-0.4, -0.2) is 37.8 Å². The van der Waals surface area contributed by atoms with Crippen molar-refractivity contribution < 1.29 is 14.6 Å². The molecule has 0 aromatic carbocycles. The molecule has 0 heterocycles. The summed E-state index contributed by atoms with van der Waals surface area (Å²) in [6.07, 6.45) is 5.86. The summed E-state index contributed by atoms with van der Waals surface area (Å²) in [5.74, 6) is 0.575. The summed E-state index contributed by atoms with van der Waals surface area (Å²) in [6.45, 7) is 13.7. The predicted molar refractivity (Wildman–Crippen MR) is 95.4 cm³/mol. The van der Waals surface area contributed by atoms with Gasteiger partial charge in [-0.1, -0.05) is 39.3 Å². The first-order chi connectivity index (χ1) is 10.1. The molecule has 1 rings (SSSR count). The van der Waals surface area contributed by atoms with Gasteiger partial charge in [0.15, 0.2) is 8.32 Å². The van der Waals surface area contributed by atoms with E-state index in [0.717, 1.165) is 18.8 Å². The van der Waals surface area contributed by atoms with E-state index in [9.17, 15) is 10.2 Å². The molecule has 0 fully saturated rings. The molecular weight excluding hydrogens is 292 g/mol. The molecule has 0 aromatic heterocycles. The second-order valence-electron chi connectivity index (χ2n) is 8.53. The highest BCUT2D eigenvalue weighted by molar-refractivity contribution is 6.74. The lowest BCUT2D eigenvalue weighted by molar-refractivity contribution is 0.0347. The Hall–Kier alpha value is -0.163. The molecule has 0 unspecified atom stereocenters. The fourth-order valence-electron chi connectivity index (χ4n) is 2.46. The number of hydrogen-bond acceptors (Lipinski definition) is 3. The Morgan fingerprint density at radius 2 is 2.00 bits per heavy atom. The minimum absolute atomic E-state index is 0.0144. The molecule has 4 heteroatoms. The van der Waals surface area contributed by atoms with Crippen LogP contribution in [0.15, 0.2) is 11.6 Å². The number of hydrogen-bond donors (Lipinski definition) is 2. The Balaban J connectivity index is 2.53. The third-order valence-corrected chi connectivity index (χ3v) is 9.98. The monoisotopic (exact) mass is 328 g/mol. The van der Waals surface area contributed by atoms with Crippen LogP contribution in [0.4, 0.5) is 0 Å². The second-order valence-corrected chi connectivity index (χ2v) is 13.3. The minimum Gasteiger partial charge on any atom is -0.416 e. The standard InChI is InChI=1S/C18H36O3Si/c1-14-7-9-15(10-8-14)11-17(20)16(12-19)13-21-22(5,6)18(2,3)4/h9,14,16-17,19-20H,7-8,10-13H2,1-6H3/t14-,16+,17+/m0/s1. The van der Waals surface area contributed by atoms with Crippen molar-refractivity contribution in [1.82, 2.24) is 0 Å². The Labute approximate surface area is 137 Å². The third-order valence-electron chi connectivity index (χ3n) is 5.48. The van der Waals surface area contributed by atoms with Gasteiger partial charge in [0.05, 0.1) is 12.7 Å². The summed E-state index contributed by atoms with van der Waals surface area (Å²) in [5, 5.41) is 20.2. The summed E-state index contributed by atoms with van der Waals surface area (Å²) in [5.41, 5.74) is 1.34. The summed E-state index contributed by atoms with van der Waals surface area (Å²) < 4.78 is 6.17. The van der Waals surface area contributed by atoms with E-state index in [1.165, 1.54) is 12.0 Å². The lowest BCUT2D eigenvalue weighted by Gasteiger charge is -2.37. The lowest BCUT2D eigenvalue weighted by Crippen LogP contribution is -2.43. The lowest BCUT2D eigenvalue weighted by atomic mass is 9.86. The maximum Gasteiger partial charge on any atom is 0.191 e. The Morgan fingerprint density at radius 1 is 1.36 bits per heavy atom. The highest BCUT2D eigenvalue weighted by atomic mass is 28.4. The van der Waals surface area contributed by atoms with Gasteiger partial charge in [-0.05, 0) is 49.7 Å². The molecule has 3 nitrogen and oxygen atoms in total. The quantitative estimate of drug-likeness (QED) is 0.546. The molecule has 0 spiro atoms. The van der Waals surface area contributed by atoms with Crippen molar-refractivity contribution in [2.45, 2.75) is 77.6 Å². The van der Waals surface area contributed by atoms with Crippen molar-refractivity contribution in [3.63, 3.8) is 0 Å². The van der Waals surface area contributed by atoms with Crippen LogP contribution >= 0.6 is 0 Å². The SMILES string of the molecule is C[C@H]1CC=C(C[C@@H](O)[C@H](CO)CO[Si](C)(C)C(C)(C)C)CC1. The highest BCUT2D eigenvalue weighted by Crippen LogP contribution is 2.37. The molecule has 0 radical (unpaired) electrons. The summed E-state index contributed by atoms with van der Waals surface area (Å²) >= 11 is 0. The molecule has 0 bridgehead atoms. The zero-order valence-corrected chi connectivity index (χ0v) is 16.4. The van der Waals surface area contributed by atoms with Crippen LogP contribution in [0.3, 0.4) is 0 Å². The van der Waals surface area contributed by atoms with Gasteiger partial charge in [-0.3, -0.25) is 0 Å². The normalized spacial score (nSPS) is 23.1. The van der Waals surface area contributed by atoms with E-state index >= 15 is 0 Å². The Kier molecular flexibility index (Phi) is 7.31. The van der Waals surface area contributed by atoms with E-state index in [-0.39, 0.29) is 17.6 Å². The molecule has 0 saturated heterocycles. The molecule has 2 N–H and O–H groups in total. The first-order valence-corrected chi connectivity index (χ1v) is 11.6. The van der Waals surface area contributed by atoms with Gasteiger partial charge in [-0.2, -0.15) is 0 Å². The molecule has 1 aliphatic carbocycles. The predicted octanol–water partition coefficient (Wildman–Crippen LogP) is 4.11. The van der Waals surface area contributed by atoms with Crippen LogP contribution in [0.2, 0.25) is 18.1 Å². The van der Waals surface area contributed by atoms with Crippen molar-refractivity contribution in [3.05, 3.63) is 11.6 Å². The van der Waals surface area contributed by atoms with Crippen molar-refractivity contribution in [2.24, 2.45) is 11.8 Å². The second kappa shape index (κ2) is 8.09. The van der Waals surface area contributed by atoms with Gasteiger partial charge in [0.2, 0.25) is 0 Å². The maximum absolute atomic E-state index is 10.5. The molecule has 1 aliphatic rings. The average molecular weight is 329 g/mol. The molecule has 0 amide bonds. The zero-order chi connectivity index (χ0) is 17.0. The van der Waals surface area contributed by atoms with E-state index < -0.39 is 14.4 Å². The van der Waals surface area contributed by atoms with Crippen LogP contribution in [-0.2, 0) is 4.43 Å². The van der Waals surface area contributed by atoms with Crippen molar-refractivity contribution in [1.29, 1.82) is 0 Å². The highest BCUT2D eigenvalue weighted by Gasteiger charge is 2.38. The Morgan fingerprint density at radius 3 is 2.45 bits per heavy atom. The molecule has 0 saturated carbocycles. The summed E-state index contributed by atoms with van der Waals surface area (Å²) in [6, 6.07) is 0. The number of aliphatic hydroxyl groups excluding tert-OH is 2. The van der Waals surface area contributed by atoms with Gasteiger partial charge >= 0.3 is 0 Å². The van der Waals surface area contributed by atoms with Crippen LogP contribution < -0.4 is 0 Å². The van der Waals surface area contributed by atoms with Crippen LogP contribution in [0, 0.1) is 11.8 Å². The van der Waals surface area contributed by atoms with Crippen molar-refractivity contribution >= 4 is 8.32 Å². The summed E-state index contributed by atoms with van der Waals surface area (Å²) in [4.78, 5) is 0. The molecule has 0 aliphatic heterocycles. The van der Waals surface area contributed by atoms with Crippen LogP contribution in [0.5, 0.6) is 0 Å². The van der Waals surface area contributed by atoms with Crippen molar-refractivity contribution in [2.75, 3.05) is 13.2 Å². The van der Waals surface area contributed by atoms with Gasteiger partial charge < -0.3 is 14.6 Å². The first-order valence-electron chi connectivity index (χ1n) is 8.67. The third kappa shape index (κ3) is 5.80. The molecule has 0 aromatic rings. The average Bonchev–Trinajstić information content (AvgIpc) is 2.40. The van der Waals surface area contributed by atoms with Gasteiger partial charge in [-0.15, -0.1) is 0 Å². The van der Waals surface area contributed by atoms with E-state index in [2.05, 4.69) is 46.9 Å². The van der Waals surface area contributed by atoms with E-state index in [4.69, 9.17) is 4.43 Å². The number of rotatable bonds is 7. The van der Waals surface area contributed by atoms with E-state index in [0.29, 0.717) is 13.0 Å². The fourth-order valence-corrected chi connectivity index (χ4v) is 3.52. The fraction of sp³-hybridized carbons (Fsp3) is 0.889. The molecule has 3 atom stereocenters. The first kappa shape index (κ1) is 19.9. The Bertz CT molecular complexity index is 371. The van der Waals surface area contributed by atoms with E-state index in [1.54, 1.807) is 0 Å². The maximum atomic E-state index is 10.5. The topological polar surface area (TPSA) is 49.7 Å². The van der Waals surface area contributed by atoms with Crippen LogP contribution in [0.1, 0.15) is 53.4 Å². The van der Waals surface area contributed by atoms with Gasteiger partial charge in [0.25, 0.3) is 0 Å². The van der Waals surface area contributed by atoms with E-state index in [1.807, 2.05) is 0 Å². The summed E-state index contributed by atoms with van der Waals surface area (Å²) in [7, 11) is -1.83. The smallest absolute Gasteiger partial charge is 0.191 e. The van der Waals surface area contributed by atoms with Gasteiger partial charge in [-0.25, -0.2) is 0 Å². The number of aliphatic hydroxyl groups is 2. The van der Waals surface area contributed by atoms with Crippen LogP contribution in [0.25, 0.3) is 0 Å². The van der Waals surface area contributed by atoms with Gasteiger partial charge in [0, 0.05) is 12.5 Å².